The molecule has 1 aromatic carbocycles. The highest BCUT2D eigenvalue weighted by Crippen LogP contribution is 2.26. The van der Waals surface area contributed by atoms with Crippen LogP contribution in [-0.2, 0) is 11.2 Å². The highest BCUT2D eigenvalue weighted by molar-refractivity contribution is 5.88. The van der Waals surface area contributed by atoms with Gasteiger partial charge in [0.1, 0.15) is 11.3 Å². The molecule has 2 aromatic rings. The van der Waals surface area contributed by atoms with E-state index >= 15 is 0 Å². The molecule has 1 atom stereocenters. The maximum atomic E-state index is 12.4. The number of likely N-dealkylation sites (N-methyl/N-ethyl adjacent to an activating group) is 1. The van der Waals surface area contributed by atoms with E-state index in [0.717, 1.165) is 41.8 Å². The summed E-state index contributed by atoms with van der Waals surface area (Å²) in [5, 5.41) is 4.26. The van der Waals surface area contributed by atoms with Gasteiger partial charge in [-0.25, -0.2) is 0 Å². The number of rotatable bonds is 4. The predicted octanol–water partition coefficient (Wildman–Crippen LogP) is 1.80. The molecule has 1 saturated heterocycles. The van der Waals surface area contributed by atoms with Crippen molar-refractivity contribution in [3.05, 3.63) is 30.0 Å². The number of fused-ring (bicyclic) bond motifs is 1. The number of carbonyl (C=O) groups excluding carboxylic acids is 1. The standard InChI is InChI=1S/C16H20N2O3/c1-18(12-5-6-17-9-12)16(19)7-11-10-21-15-8-13(20-2)3-4-14(11)15/h3-4,8,10,12,17H,5-7,9H2,1-2H3. The first-order valence-corrected chi connectivity index (χ1v) is 7.19. The minimum Gasteiger partial charge on any atom is -0.497 e. The lowest BCUT2D eigenvalue weighted by atomic mass is 10.1. The second-order valence-corrected chi connectivity index (χ2v) is 5.45. The van der Waals surface area contributed by atoms with Gasteiger partial charge in [-0.2, -0.15) is 0 Å². The van der Waals surface area contributed by atoms with Crippen LogP contribution in [0, 0.1) is 0 Å². The Morgan fingerprint density at radius 3 is 3.10 bits per heavy atom. The van der Waals surface area contributed by atoms with Gasteiger partial charge in [0.2, 0.25) is 5.91 Å². The lowest BCUT2D eigenvalue weighted by Crippen LogP contribution is -2.39. The number of ether oxygens (including phenoxy) is 1. The Kier molecular flexibility index (Phi) is 3.84. The number of methoxy groups -OCH3 is 1. The average molecular weight is 288 g/mol. The summed E-state index contributed by atoms with van der Waals surface area (Å²) >= 11 is 0. The Morgan fingerprint density at radius 1 is 1.52 bits per heavy atom. The van der Waals surface area contributed by atoms with Crippen LogP contribution in [0.5, 0.6) is 5.75 Å². The summed E-state index contributed by atoms with van der Waals surface area (Å²) in [5.41, 5.74) is 1.68. The van der Waals surface area contributed by atoms with Crippen molar-refractivity contribution in [2.45, 2.75) is 18.9 Å². The van der Waals surface area contributed by atoms with Crippen molar-refractivity contribution in [1.82, 2.24) is 10.2 Å². The third-order valence-corrected chi connectivity index (χ3v) is 4.18. The third kappa shape index (κ3) is 2.74. The number of amides is 1. The zero-order valence-electron chi connectivity index (χ0n) is 12.4. The molecule has 1 N–H and O–H groups in total. The fraction of sp³-hybridized carbons (Fsp3) is 0.438. The lowest BCUT2D eigenvalue weighted by molar-refractivity contribution is -0.130. The number of furan rings is 1. The highest BCUT2D eigenvalue weighted by atomic mass is 16.5. The summed E-state index contributed by atoms with van der Waals surface area (Å²) in [5.74, 6) is 0.881. The van der Waals surface area contributed by atoms with Gasteiger partial charge in [0, 0.05) is 36.7 Å². The van der Waals surface area contributed by atoms with Gasteiger partial charge in [0.15, 0.2) is 0 Å². The molecule has 0 saturated carbocycles. The number of nitrogens with one attached hydrogen (secondary N) is 1. The van der Waals surface area contributed by atoms with Crippen molar-refractivity contribution < 1.29 is 13.9 Å². The number of hydrogen-bond acceptors (Lipinski definition) is 4. The van der Waals surface area contributed by atoms with Gasteiger partial charge in [-0.3, -0.25) is 4.79 Å². The normalized spacial score (nSPS) is 18.1. The van der Waals surface area contributed by atoms with Crippen molar-refractivity contribution in [3.63, 3.8) is 0 Å². The van der Waals surface area contributed by atoms with Crippen molar-refractivity contribution in [1.29, 1.82) is 0 Å². The number of benzene rings is 1. The first-order valence-electron chi connectivity index (χ1n) is 7.19. The first kappa shape index (κ1) is 13.9. The second kappa shape index (κ2) is 5.77. The molecule has 2 heterocycles. The van der Waals surface area contributed by atoms with E-state index in [0.29, 0.717) is 12.5 Å². The van der Waals surface area contributed by atoms with Crippen molar-refractivity contribution >= 4 is 16.9 Å². The van der Waals surface area contributed by atoms with Crippen molar-refractivity contribution in [2.75, 3.05) is 27.2 Å². The van der Waals surface area contributed by atoms with E-state index in [1.54, 1.807) is 13.4 Å². The summed E-state index contributed by atoms with van der Waals surface area (Å²) in [6.45, 7) is 1.86. The largest absolute Gasteiger partial charge is 0.497 e. The zero-order valence-corrected chi connectivity index (χ0v) is 12.4. The van der Waals surface area contributed by atoms with Crippen LogP contribution in [0.4, 0.5) is 0 Å². The molecule has 0 bridgehead atoms. The van der Waals surface area contributed by atoms with Crippen LogP contribution in [0.2, 0.25) is 0 Å². The fourth-order valence-corrected chi connectivity index (χ4v) is 2.79. The van der Waals surface area contributed by atoms with Crippen LogP contribution in [0.25, 0.3) is 11.0 Å². The molecule has 0 radical (unpaired) electrons. The summed E-state index contributed by atoms with van der Waals surface area (Å²) < 4.78 is 10.7. The van der Waals surface area contributed by atoms with Crippen LogP contribution < -0.4 is 10.1 Å². The molecule has 1 aromatic heterocycles. The zero-order chi connectivity index (χ0) is 14.8. The second-order valence-electron chi connectivity index (χ2n) is 5.45. The Hall–Kier alpha value is -2.01. The van der Waals surface area contributed by atoms with Gasteiger partial charge in [-0.1, -0.05) is 0 Å². The van der Waals surface area contributed by atoms with Crippen LogP contribution >= 0.6 is 0 Å². The molecule has 5 nitrogen and oxygen atoms in total. The Morgan fingerprint density at radius 2 is 2.38 bits per heavy atom. The maximum Gasteiger partial charge on any atom is 0.227 e. The monoisotopic (exact) mass is 288 g/mol. The Bertz CT molecular complexity index is 644. The molecule has 21 heavy (non-hydrogen) atoms. The summed E-state index contributed by atoms with van der Waals surface area (Å²) in [4.78, 5) is 14.2. The predicted molar refractivity (Wildman–Crippen MR) is 80.5 cm³/mol. The molecule has 1 unspecified atom stereocenters. The third-order valence-electron chi connectivity index (χ3n) is 4.18. The van der Waals surface area contributed by atoms with E-state index in [1.165, 1.54) is 0 Å². The van der Waals surface area contributed by atoms with Gasteiger partial charge in [0.05, 0.1) is 19.8 Å². The smallest absolute Gasteiger partial charge is 0.227 e. The van der Waals surface area contributed by atoms with E-state index in [1.807, 2.05) is 30.1 Å². The van der Waals surface area contributed by atoms with Gasteiger partial charge in [-0.05, 0) is 25.1 Å². The van der Waals surface area contributed by atoms with Crippen LogP contribution in [0.3, 0.4) is 0 Å². The fourth-order valence-electron chi connectivity index (χ4n) is 2.79. The van der Waals surface area contributed by atoms with Crippen LogP contribution in [-0.4, -0.2) is 44.1 Å². The SMILES string of the molecule is COc1ccc2c(CC(=O)N(C)C3CCNC3)coc2c1. The van der Waals surface area contributed by atoms with Gasteiger partial charge in [0.25, 0.3) is 0 Å². The number of hydrogen-bond donors (Lipinski definition) is 1. The van der Waals surface area contributed by atoms with Crippen molar-refractivity contribution in [3.8, 4) is 5.75 Å². The molecule has 1 aliphatic rings. The van der Waals surface area contributed by atoms with E-state index in [9.17, 15) is 4.79 Å². The van der Waals surface area contributed by atoms with E-state index < -0.39 is 0 Å². The van der Waals surface area contributed by atoms with Crippen molar-refractivity contribution in [2.24, 2.45) is 0 Å². The lowest BCUT2D eigenvalue weighted by Gasteiger charge is -2.23. The van der Waals surface area contributed by atoms with E-state index in [-0.39, 0.29) is 5.91 Å². The molecule has 1 amide bonds. The van der Waals surface area contributed by atoms with Gasteiger partial charge < -0.3 is 19.4 Å². The minimum absolute atomic E-state index is 0.127. The molecular formula is C16H20N2O3. The molecule has 0 spiro atoms. The van der Waals surface area contributed by atoms with Gasteiger partial charge in [-0.15, -0.1) is 0 Å². The Labute approximate surface area is 123 Å². The average Bonchev–Trinajstić information content (AvgIpc) is 3.16. The Balaban J connectivity index is 1.76. The quantitative estimate of drug-likeness (QED) is 0.932. The van der Waals surface area contributed by atoms with Gasteiger partial charge >= 0.3 is 0 Å². The highest BCUT2D eigenvalue weighted by Gasteiger charge is 2.23. The molecule has 1 fully saturated rings. The summed E-state index contributed by atoms with van der Waals surface area (Å²) in [6.07, 6.45) is 3.06. The number of nitrogens with zero attached hydrogens (tertiary/aromatic N) is 1. The minimum atomic E-state index is 0.127. The first-order chi connectivity index (χ1) is 10.2. The molecule has 1 aliphatic heterocycles. The van der Waals surface area contributed by atoms with Crippen LogP contribution in [0.15, 0.2) is 28.9 Å². The molecular weight excluding hydrogens is 268 g/mol. The molecule has 0 aliphatic carbocycles. The molecule has 3 rings (SSSR count). The molecule has 112 valence electrons. The number of carbonyl (C=O) groups is 1. The van der Waals surface area contributed by atoms with Crippen LogP contribution in [0.1, 0.15) is 12.0 Å². The molecule has 5 heteroatoms. The van der Waals surface area contributed by atoms with E-state index in [2.05, 4.69) is 5.32 Å². The summed E-state index contributed by atoms with van der Waals surface area (Å²) in [6, 6.07) is 5.97. The maximum absolute atomic E-state index is 12.4. The topological polar surface area (TPSA) is 54.7 Å². The summed E-state index contributed by atoms with van der Waals surface area (Å²) in [7, 11) is 3.50. The van der Waals surface area contributed by atoms with E-state index in [4.69, 9.17) is 9.15 Å².